The van der Waals surface area contributed by atoms with E-state index in [-0.39, 0.29) is 5.91 Å². The van der Waals surface area contributed by atoms with Gasteiger partial charge in [-0.15, -0.1) is 11.3 Å². The number of aliphatic imine (C=N–C) groups is 1. The SMILES string of the molecule is Cc1cccc(N2C(=O)C(=C3Sc4ccc(Cl)cc4N3C)SC2=Nc2ccc3nc(C)sc3c2)c1. The molecule has 0 bridgehead atoms. The van der Waals surface area contributed by atoms with E-state index >= 15 is 0 Å². The van der Waals surface area contributed by atoms with E-state index in [0.29, 0.717) is 15.1 Å². The number of amides is 1. The summed E-state index contributed by atoms with van der Waals surface area (Å²) >= 11 is 10.9. The third kappa shape index (κ3) is 4.04. The number of aryl methyl sites for hydroxylation is 2. The van der Waals surface area contributed by atoms with Crippen molar-refractivity contribution in [1.29, 1.82) is 0 Å². The van der Waals surface area contributed by atoms with Crippen LogP contribution >= 0.6 is 46.5 Å². The lowest BCUT2D eigenvalue weighted by atomic mass is 10.2. The molecule has 0 aliphatic carbocycles. The van der Waals surface area contributed by atoms with Crippen molar-refractivity contribution in [2.24, 2.45) is 4.99 Å². The second kappa shape index (κ2) is 8.71. The molecule has 9 heteroatoms. The molecule has 0 radical (unpaired) electrons. The molecule has 174 valence electrons. The summed E-state index contributed by atoms with van der Waals surface area (Å²) in [7, 11) is 1.97. The molecule has 0 spiro atoms. The van der Waals surface area contributed by atoms with Gasteiger partial charge in [-0.2, -0.15) is 0 Å². The van der Waals surface area contributed by atoms with Crippen LogP contribution in [0.2, 0.25) is 5.02 Å². The highest BCUT2D eigenvalue weighted by Crippen LogP contribution is 2.51. The predicted molar refractivity (Wildman–Crippen MR) is 150 cm³/mol. The Morgan fingerprint density at radius 2 is 1.86 bits per heavy atom. The van der Waals surface area contributed by atoms with Crippen molar-refractivity contribution in [3.8, 4) is 0 Å². The normalized spacial score (nSPS) is 18.9. The van der Waals surface area contributed by atoms with Gasteiger partial charge in [-0.1, -0.05) is 35.5 Å². The highest BCUT2D eigenvalue weighted by atomic mass is 35.5. The Kier molecular flexibility index (Phi) is 5.64. The zero-order chi connectivity index (χ0) is 24.3. The van der Waals surface area contributed by atoms with Gasteiger partial charge in [-0.3, -0.25) is 9.69 Å². The van der Waals surface area contributed by atoms with Crippen LogP contribution < -0.4 is 9.80 Å². The average Bonchev–Trinajstić information content (AvgIpc) is 3.46. The first-order valence-electron chi connectivity index (χ1n) is 10.9. The quantitative estimate of drug-likeness (QED) is 0.246. The van der Waals surface area contributed by atoms with E-state index in [1.807, 2.05) is 86.5 Å². The zero-order valence-corrected chi connectivity index (χ0v) is 22.3. The minimum atomic E-state index is -0.0812. The van der Waals surface area contributed by atoms with Crippen molar-refractivity contribution in [2.75, 3.05) is 16.8 Å². The molecule has 1 saturated heterocycles. The van der Waals surface area contributed by atoms with Gasteiger partial charge >= 0.3 is 0 Å². The lowest BCUT2D eigenvalue weighted by Crippen LogP contribution is -2.29. The van der Waals surface area contributed by atoms with Crippen LogP contribution in [0.4, 0.5) is 17.1 Å². The summed E-state index contributed by atoms with van der Waals surface area (Å²) in [4.78, 5) is 28.8. The van der Waals surface area contributed by atoms with Gasteiger partial charge < -0.3 is 4.90 Å². The number of nitrogens with zero attached hydrogens (tertiary/aromatic N) is 4. The molecule has 1 aromatic heterocycles. The number of thiazole rings is 1. The van der Waals surface area contributed by atoms with Crippen molar-refractivity contribution in [1.82, 2.24) is 4.98 Å². The minimum Gasteiger partial charge on any atom is -0.337 e. The van der Waals surface area contributed by atoms with Crippen molar-refractivity contribution >= 4 is 84.8 Å². The molecule has 1 fully saturated rings. The molecular weight excluding hydrogens is 516 g/mol. The molecule has 2 aliphatic rings. The van der Waals surface area contributed by atoms with Gasteiger partial charge in [0.2, 0.25) is 0 Å². The Morgan fingerprint density at radius 3 is 2.69 bits per heavy atom. The standard InChI is InChI=1S/C26H19ClN4OS3/c1-14-5-4-6-18(11-14)31-24(32)23(25-30(3)20-12-16(27)7-10-21(20)34-25)35-26(31)29-17-8-9-19-22(13-17)33-15(2)28-19/h4-13H,1-3H3. The first-order valence-corrected chi connectivity index (χ1v) is 13.7. The summed E-state index contributed by atoms with van der Waals surface area (Å²) in [5.41, 5.74) is 4.64. The molecule has 4 aromatic rings. The Labute approximate surface area is 220 Å². The fraction of sp³-hybridized carbons (Fsp3) is 0.115. The van der Waals surface area contributed by atoms with Crippen molar-refractivity contribution < 1.29 is 4.79 Å². The highest BCUT2D eigenvalue weighted by Gasteiger charge is 2.40. The number of carbonyl (C=O) groups excluding carboxylic acids is 1. The number of hydrogen-bond donors (Lipinski definition) is 0. The molecule has 6 rings (SSSR count). The van der Waals surface area contributed by atoms with E-state index in [1.165, 1.54) is 11.8 Å². The minimum absolute atomic E-state index is 0.0812. The Morgan fingerprint density at radius 1 is 1.00 bits per heavy atom. The number of fused-ring (bicyclic) bond motifs is 2. The molecule has 3 aromatic carbocycles. The molecule has 2 aliphatic heterocycles. The number of halogens is 1. The van der Waals surface area contributed by atoms with Crippen LogP contribution in [-0.4, -0.2) is 23.1 Å². The van der Waals surface area contributed by atoms with Gasteiger partial charge in [0.25, 0.3) is 5.91 Å². The number of amidine groups is 1. The number of carbonyl (C=O) groups is 1. The van der Waals surface area contributed by atoms with Crippen LogP contribution in [0, 0.1) is 13.8 Å². The fourth-order valence-corrected chi connectivity index (χ4v) is 7.45. The summed E-state index contributed by atoms with van der Waals surface area (Å²) in [5.74, 6) is -0.0812. The van der Waals surface area contributed by atoms with Crippen LogP contribution in [0.5, 0.6) is 0 Å². The largest absolute Gasteiger partial charge is 0.337 e. The first-order chi connectivity index (χ1) is 16.9. The molecule has 5 nitrogen and oxygen atoms in total. The van der Waals surface area contributed by atoms with E-state index in [4.69, 9.17) is 16.6 Å². The van der Waals surface area contributed by atoms with Crippen molar-refractivity contribution in [3.05, 3.63) is 86.2 Å². The van der Waals surface area contributed by atoms with Gasteiger partial charge in [0, 0.05) is 17.0 Å². The molecular formula is C26H19ClN4OS3. The van der Waals surface area contributed by atoms with Gasteiger partial charge in [-0.25, -0.2) is 9.98 Å². The zero-order valence-electron chi connectivity index (χ0n) is 19.1. The third-order valence-corrected chi connectivity index (χ3v) is 9.30. The van der Waals surface area contributed by atoms with E-state index in [1.54, 1.807) is 28.0 Å². The molecule has 1 amide bonds. The first kappa shape index (κ1) is 22.7. The van der Waals surface area contributed by atoms with Gasteiger partial charge in [0.05, 0.1) is 37.3 Å². The van der Waals surface area contributed by atoms with Crippen LogP contribution in [0.1, 0.15) is 10.6 Å². The summed E-state index contributed by atoms with van der Waals surface area (Å²) in [6, 6.07) is 19.7. The third-order valence-electron chi connectivity index (χ3n) is 5.73. The Hall–Kier alpha value is -2.78. The van der Waals surface area contributed by atoms with Crippen LogP contribution in [0.25, 0.3) is 10.2 Å². The topological polar surface area (TPSA) is 48.8 Å². The molecule has 0 saturated carbocycles. The molecule has 0 unspecified atom stereocenters. The van der Waals surface area contributed by atoms with E-state index < -0.39 is 0 Å². The van der Waals surface area contributed by atoms with Crippen molar-refractivity contribution in [3.63, 3.8) is 0 Å². The molecule has 0 N–H and O–H groups in total. The maximum atomic E-state index is 13.9. The summed E-state index contributed by atoms with van der Waals surface area (Å²) in [6.07, 6.45) is 0. The second-order valence-electron chi connectivity index (χ2n) is 8.27. The van der Waals surface area contributed by atoms with Gasteiger partial charge in [-0.05, 0) is 79.7 Å². The smallest absolute Gasteiger partial charge is 0.274 e. The van der Waals surface area contributed by atoms with Crippen LogP contribution in [-0.2, 0) is 4.79 Å². The number of thioether (sulfide) groups is 2. The second-order valence-corrected chi connectivity index (χ2v) is 11.9. The lowest BCUT2D eigenvalue weighted by molar-refractivity contribution is -0.113. The number of aromatic nitrogens is 1. The Balaban J connectivity index is 1.47. The van der Waals surface area contributed by atoms with E-state index in [2.05, 4.69) is 4.98 Å². The summed E-state index contributed by atoms with van der Waals surface area (Å²) < 4.78 is 1.08. The number of anilines is 2. The molecule has 0 atom stereocenters. The Bertz CT molecular complexity index is 1590. The van der Waals surface area contributed by atoms with Crippen LogP contribution in [0.3, 0.4) is 0 Å². The fourth-order valence-electron chi connectivity index (χ4n) is 4.10. The number of benzene rings is 3. The number of hydrogen-bond acceptors (Lipinski definition) is 7. The lowest BCUT2D eigenvalue weighted by Gasteiger charge is -2.17. The maximum absolute atomic E-state index is 13.9. The predicted octanol–water partition coefficient (Wildman–Crippen LogP) is 7.75. The van der Waals surface area contributed by atoms with Crippen LogP contribution in [0.15, 0.2) is 80.5 Å². The molecule has 35 heavy (non-hydrogen) atoms. The monoisotopic (exact) mass is 534 g/mol. The summed E-state index contributed by atoms with van der Waals surface area (Å²) in [6.45, 7) is 4.02. The molecule has 3 heterocycles. The van der Waals surface area contributed by atoms with E-state index in [9.17, 15) is 4.79 Å². The summed E-state index contributed by atoms with van der Waals surface area (Å²) in [5, 5.41) is 3.20. The van der Waals surface area contributed by atoms with Gasteiger partial charge in [0.15, 0.2) is 5.17 Å². The average molecular weight is 535 g/mol. The number of rotatable bonds is 2. The van der Waals surface area contributed by atoms with Crippen molar-refractivity contribution in [2.45, 2.75) is 18.7 Å². The maximum Gasteiger partial charge on any atom is 0.274 e. The van der Waals surface area contributed by atoms with E-state index in [0.717, 1.165) is 47.8 Å². The van der Waals surface area contributed by atoms with Gasteiger partial charge in [0.1, 0.15) is 4.91 Å². The highest BCUT2D eigenvalue weighted by molar-refractivity contribution is 8.20.